The van der Waals surface area contributed by atoms with Gasteiger partial charge in [-0.2, -0.15) is 0 Å². The summed E-state index contributed by atoms with van der Waals surface area (Å²) in [7, 11) is 4.76. The SMILES string of the molecule is C1CCC2C3NC(NC4NC(NC5NC(NC6NC(N3)C3CCCCC63)C3CCCCC53)C3CCCCC43)C2C1.O.[Cl][GaH]. The van der Waals surface area contributed by atoms with Crippen LogP contribution in [0.1, 0.15) is 103 Å². The molecule has 9 nitrogen and oxygen atoms in total. The molecule has 4 saturated carbocycles. The van der Waals surface area contributed by atoms with Crippen LogP contribution in [0, 0.1) is 47.3 Å². The second kappa shape index (κ2) is 14.0. The Morgan fingerprint density at radius 1 is 0.279 bits per heavy atom. The van der Waals surface area contributed by atoms with Gasteiger partial charge in [-0.25, -0.2) is 0 Å². The van der Waals surface area contributed by atoms with Gasteiger partial charge in [0.1, 0.15) is 0 Å². The summed E-state index contributed by atoms with van der Waals surface area (Å²) in [5, 5.41) is 33.8. The van der Waals surface area contributed by atoms with Crippen molar-refractivity contribution in [2.75, 3.05) is 0 Å². The minimum atomic E-state index is 0. The van der Waals surface area contributed by atoms with Crippen molar-refractivity contribution in [2.24, 2.45) is 47.3 Å². The van der Waals surface area contributed by atoms with Crippen molar-refractivity contribution in [3.63, 3.8) is 0 Å². The molecule has 5 aliphatic heterocycles. The Bertz CT molecular complexity index is 730. The standard InChI is InChI=1S/C32H56N8.ClH.Ga.H2O.H/c1-2-10-18-17(9-1)25-33-26(18)38-28-21-13-5-6-14-22(21)30(35-28)40-32-24-16-8-7-15-23(24)31(36-32)39-29-20-12-4-3-11-19(20)27(34-29)37-25;;;;/h17-40H,1-16H2;1H;;1H2;/q;;+1;;/p-1. The average molecular weight is 677 g/mol. The molecule has 243 valence electrons. The first-order valence-electron chi connectivity index (χ1n) is 18.2. The van der Waals surface area contributed by atoms with E-state index < -0.39 is 0 Å². The Hall–Kier alpha value is 0.566. The molecule has 9 rings (SSSR count). The molecule has 11 heteroatoms. The first-order chi connectivity index (χ1) is 20.8. The van der Waals surface area contributed by atoms with Gasteiger partial charge in [0.05, 0.1) is 49.3 Å². The van der Waals surface area contributed by atoms with Crippen LogP contribution in [-0.2, 0) is 0 Å². The van der Waals surface area contributed by atoms with Gasteiger partial charge in [-0.15, -0.1) is 0 Å². The van der Waals surface area contributed by atoms with Crippen LogP contribution >= 0.6 is 9.64 Å². The number of nitrogens with one attached hydrogen (secondary N) is 8. The normalized spacial score (nSPS) is 53.7. The van der Waals surface area contributed by atoms with Gasteiger partial charge in [-0.1, -0.05) is 51.4 Å². The number of rotatable bonds is 0. The van der Waals surface area contributed by atoms with E-state index in [-0.39, 0.29) is 5.48 Å². The number of hydrogen-bond acceptors (Lipinski definition) is 8. The monoisotopic (exact) mass is 675 g/mol. The molecule has 1 radical (unpaired) electrons. The first kappa shape index (κ1) is 32.1. The maximum absolute atomic E-state index is 4.76. The Balaban J connectivity index is 0.000000981. The minimum absolute atomic E-state index is 0. The quantitative estimate of drug-likeness (QED) is 0.183. The van der Waals surface area contributed by atoms with E-state index in [1.54, 1.807) is 0 Å². The molecule has 43 heavy (non-hydrogen) atoms. The van der Waals surface area contributed by atoms with Crippen LogP contribution in [-0.4, -0.2) is 72.4 Å². The van der Waals surface area contributed by atoms with Crippen molar-refractivity contribution in [3.8, 4) is 0 Å². The summed E-state index contributed by atoms with van der Waals surface area (Å²) in [5.74, 6) is 5.97. The molecule has 0 amide bonds. The van der Waals surface area contributed by atoms with E-state index in [1.165, 1.54) is 103 Å². The zero-order valence-corrected chi connectivity index (χ0v) is 29.9. The third-order valence-electron chi connectivity index (χ3n) is 13.8. The number of fused-ring (bicyclic) bond motifs is 20. The fourth-order valence-corrected chi connectivity index (χ4v) is 12.0. The van der Waals surface area contributed by atoms with E-state index in [2.05, 4.69) is 42.5 Å². The molecule has 8 unspecified atom stereocenters. The molecule has 4 aliphatic carbocycles. The summed E-state index contributed by atoms with van der Waals surface area (Å²) in [4.78, 5) is 0. The van der Waals surface area contributed by atoms with Crippen molar-refractivity contribution < 1.29 is 5.48 Å². The van der Waals surface area contributed by atoms with Gasteiger partial charge < -0.3 is 5.48 Å². The van der Waals surface area contributed by atoms with Crippen molar-refractivity contribution in [1.29, 1.82) is 0 Å². The van der Waals surface area contributed by atoms with Gasteiger partial charge in [0.25, 0.3) is 0 Å². The molecule has 0 aromatic carbocycles. The zero-order valence-electron chi connectivity index (χ0n) is 26.1. The van der Waals surface area contributed by atoms with Crippen molar-refractivity contribution >= 4 is 27.2 Å². The summed E-state index contributed by atoms with van der Waals surface area (Å²) in [5.41, 5.74) is 0. The molecule has 10 N–H and O–H groups in total. The molecule has 0 spiro atoms. The van der Waals surface area contributed by atoms with E-state index in [1.807, 2.05) is 0 Å². The van der Waals surface area contributed by atoms with Crippen molar-refractivity contribution in [3.05, 3.63) is 0 Å². The van der Waals surface area contributed by atoms with Crippen molar-refractivity contribution in [2.45, 2.75) is 152 Å². The third kappa shape index (κ3) is 5.94. The average Bonchev–Trinajstić information content (AvgIpc) is 3.78. The summed E-state index contributed by atoms with van der Waals surface area (Å²) < 4.78 is 0. The Labute approximate surface area is 273 Å². The predicted molar refractivity (Wildman–Crippen MR) is 174 cm³/mol. The molecule has 5 heterocycles. The van der Waals surface area contributed by atoms with E-state index in [0.717, 1.165) is 64.9 Å². The molecule has 9 fully saturated rings. The van der Waals surface area contributed by atoms with Gasteiger partial charge in [0.2, 0.25) is 0 Å². The topological polar surface area (TPSA) is 128 Å². The second-order valence-electron chi connectivity index (χ2n) is 15.6. The van der Waals surface area contributed by atoms with Gasteiger partial charge in [-0.05, 0) is 98.7 Å². The van der Waals surface area contributed by atoms with Gasteiger partial charge in [0, 0.05) is 0 Å². The maximum atomic E-state index is 4.76. The summed E-state index contributed by atoms with van der Waals surface area (Å²) in [6, 6.07) is 0. The predicted octanol–water partition coefficient (Wildman–Crippen LogP) is 1.82. The van der Waals surface area contributed by atoms with E-state index >= 15 is 0 Å². The number of hydrogen-bond donors (Lipinski definition) is 8. The Morgan fingerprint density at radius 3 is 0.512 bits per heavy atom. The second-order valence-corrected chi connectivity index (χ2v) is 15.6. The molecule has 9 aliphatic rings. The van der Waals surface area contributed by atoms with E-state index in [4.69, 9.17) is 9.64 Å². The summed E-state index contributed by atoms with van der Waals surface area (Å²) in [6.45, 7) is 0. The van der Waals surface area contributed by atoms with Gasteiger partial charge in [-0.3, -0.25) is 42.5 Å². The van der Waals surface area contributed by atoms with E-state index in [9.17, 15) is 0 Å². The van der Waals surface area contributed by atoms with Crippen LogP contribution in [0.3, 0.4) is 0 Å². The molecular weight excluding hydrogens is 618 g/mol. The van der Waals surface area contributed by atoms with Crippen molar-refractivity contribution in [1.82, 2.24) is 42.5 Å². The number of halogens is 1. The first-order valence-corrected chi connectivity index (χ1v) is 22.1. The van der Waals surface area contributed by atoms with E-state index in [0.29, 0.717) is 49.3 Å². The third-order valence-corrected chi connectivity index (χ3v) is 13.8. The van der Waals surface area contributed by atoms with Gasteiger partial charge >= 0.3 is 27.2 Å². The Kier molecular flexibility index (Phi) is 10.4. The fraction of sp³-hybridized carbons (Fsp3) is 1.00. The summed E-state index contributed by atoms with van der Waals surface area (Å²) >= 11 is 0.847. The molecule has 0 aromatic rings. The van der Waals surface area contributed by atoms with Crippen LogP contribution in [0.4, 0.5) is 0 Å². The summed E-state index contributed by atoms with van der Waals surface area (Å²) in [6.07, 6.45) is 25.6. The van der Waals surface area contributed by atoms with Crippen LogP contribution in [0.15, 0.2) is 0 Å². The van der Waals surface area contributed by atoms with Gasteiger partial charge in [0.15, 0.2) is 0 Å². The molecule has 5 saturated heterocycles. The Morgan fingerprint density at radius 2 is 0.395 bits per heavy atom. The van der Waals surface area contributed by atoms with Crippen LogP contribution in [0.25, 0.3) is 0 Å². The van der Waals surface area contributed by atoms with Crippen LogP contribution in [0.2, 0.25) is 0 Å². The molecular formula is C32H59ClGaN8O. The molecule has 8 atom stereocenters. The molecule has 0 aromatic heterocycles. The fourth-order valence-electron chi connectivity index (χ4n) is 12.0. The molecule has 8 bridgehead atoms. The van der Waals surface area contributed by atoms with Crippen LogP contribution < -0.4 is 42.5 Å². The zero-order chi connectivity index (χ0) is 28.2. The van der Waals surface area contributed by atoms with Crippen LogP contribution in [0.5, 0.6) is 0 Å².